The first-order chi connectivity index (χ1) is 13.8. The van der Waals surface area contributed by atoms with E-state index in [2.05, 4.69) is 5.32 Å². The standard InChI is InChI=1S/C20H22FN3O4S/c21-17-7-9-18(10-8-17)29(27,28)24-11-1-2-16(13-24)20(26)23-12-14-3-5-15(6-4-14)19(22)25/h3-10,16H,1-2,11-13H2,(H2,22,25)(H,23,26). The van der Waals surface area contributed by atoms with Gasteiger partial charge < -0.3 is 11.1 Å². The summed E-state index contributed by atoms with van der Waals surface area (Å²) in [5.74, 6) is -1.74. The summed E-state index contributed by atoms with van der Waals surface area (Å²) < 4.78 is 39.9. The molecule has 3 N–H and O–H groups in total. The lowest BCUT2D eigenvalue weighted by atomic mass is 9.98. The molecule has 0 aromatic heterocycles. The Morgan fingerprint density at radius 1 is 1.10 bits per heavy atom. The second-order valence-electron chi connectivity index (χ2n) is 6.94. The molecule has 3 rings (SSSR count). The first-order valence-electron chi connectivity index (χ1n) is 9.19. The van der Waals surface area contributed by atoms with E-state index >= 15 is 0 Å². The van der Waals surface area contributed by atoms with Gasteiger partial charge in [-0.05, 0) is 54.8 Å². The van der Waals surface area contributed by atoms with E-state index in [1.807, 2.05) is 0 Å². The van der Waals surface area contributed by atoms with Crippen LogP contribution < -0.4 is 11.1 Å². The third kappa shape index (κ3) is 4.99. The van der Waals surface area contributed by atoms with Crippen molar-refractivity contribution in [3.05, 3.63) is 65.5 Å². The third-order valence-electron chi connectivity index (χ3n) is 4.91. The van der Waals surface area contributed by atoms with Gasteiger partial charge in [-0.1, -0.05) is 12.1 Å². The smallest absolute Gasteiger partial charge is 0.248 e. The van der Waals surface area contributed by atoms with E-state index in [-0.39, 0.29) is 23.9 Å². The van der Waals surface area contributed by atoms with Crippen molar-refractivity contribution in [1.82, 2.24) is 9.62 Å². The number of nitrogens with two attached hydrogens (primary N) is 1. The van der Waals surface area contributed by atoms with Gasteiger partial charge in [-0.3, -0.25) is 9.59 Å². The number of hydrogen-bond donors (Lipinski definition) is 2. The largest absolute Gasteiger partial charge is 0.366 e. The van der Waals surface area contributed by atoms with E-state index in [0.717, 1.165) is 17.7 Å². The highest BCUT2D eigenvalue weighted by Crippen LogP contribution is 2.24. The number of rotatable bonds is 6. The predicted octanol–water partition coefficient (Wildman–Crippen LogP) is 1.64. The summed E-state index contributed by atoms with van der Waals surface area (Å²) in [4.78, 5) is 23.6. The molecule has 29 heavy (non-hydrogen) atoms. The van der Waals surface area contributed by atoms with Gasteiger partial charge in [-0.2, -0.15) is 4.31 Å². The van der Waals surface area contributed by atoms with Crippen LogP contribution in [0.5, 0.6) is 0 Å². The maximum Gasteiger partial charge on any atom is 0.248 e. The summed E-state index contributed by atoms with van der Waals surface area (Å²) in [6.45, 7) is 0.656. The number of piperidine rings is 1. The number of hydrogen-bond acceptors (Lipinski definition) is 4. The Bertz CT molecular complexity index is 991. The van der Waals surface area contributed by atoms with Crippen LogP contribution in [-0.2, 0) is 21.4 Å². The van der Waals surface area contributed by atoms with Gasteiger partial charge in [-0.15, -0.1) is 0 Å². The van der Waals surface area contributed by atoms with Crippen molar-refractivity contribution in [2.45, 2.75) is 24.3 Å². The average Bonchev–Trinajstić information content (AvgIpc) is 2.72. The van der Waals surface area contributed by atoms with Crippen LogP contribution in [0.3, 0.4) is 0 Å². The van der Waals surface area contributed by atoms with E-state index in [1.54, 1.807) is 24.3 Å². The number of sulfonamides is 1. The molecule has 0 spiro atoms. The highest BCUT2D eigenvalue weighted by atomic mass is 32.2. The van der Waals surface area contributed by atoms with Crippen molar-refractivity contribution >= 4 is 21.8 Å². The van der Waals surface area contributed by atoms with Gasteiger partial charge in [0.2, 0.25) is 21.8 Å². The summed E-state index contributed by atoms with van der Waals surface area (Å²) in [6.07, 6.45) is 1.15. The lowest BCUT2D eigenvalue weighted by molar-refractivity contribution is -0.126. The molecule has 154 valence electrons. The van der Waals surface area contributed by atoms with Gasteiger partial charge in [0.1, 0.15) is 5.82 Å². The number of carbonyl (C=O) groups excluding carboxylic acids is 2. The first kappa shape index (κ1) is 20.9. The van der Waals surface area contributed by atoms with Crippen molar-refractivity contribution < 1.29 is 22.4 Å². The fraction of sp³-hybridized carbons (Fsp3) is 0.300. The normalized spacial score (nSPS) is 17.6. The zero-order valence-electron chi connectivity index (χ0n) is 15.7. The van der Waals surface area contributed by atoms with E-state index in [0.29, 0.717) is 24.9 Å². The Labute approximate surface area is 168 Å². The van der Waals surface area contributed by atoms with Gasteiger partial charge in [0, 0.05) is 25.2 Å². The van der Waals surface area contributed by atoms with Crippen LogP contribution in [0.4, 0.5) is 4.39 Å². The molecule has 9 heteroatoms. The SMILES string of the molecule is NC(=O)c1ccc(CNC(=O)C2CCCN(S(=O)(=O)c3ccc(F)cc3)C2)cc1. The highest BCUT2D eigenvalue weighted by molar-refractivity contribution is 7.89. The molecule has 2 aromatic rings. The van der Waals surface area contributed by atoms with Gasteiger partial charge in [0.05, 0.1) is 10.8 Å². The van der Waals surface area contributed by atoms with Crippen LogP contribution in [-0.4, -0.2) is 37.6 Å². The molecule has 1 atom stereocenters. The number of amides is 2. The van der Waals surface area contributed by atoms with Crippen molar-refractivity contribution in [2.24, 2.45) is 11.7 Å². The van der Waals surface area contributed by atoms with Crippen LogP contribution in [0.15, 0.2) is 53.4 Å². The number of nitrogens with zero attached hydrogens (tertiary/aromatic N) is 1. The van der Waals surface area contributed by atoms with E-state index in [4.69, 9.17) is 5.73 Å². The molecule has 2 amide bonds. The topological polar surface area (TPSA) is 110 Å². The molecular weight excluding hydrogens is 397 g/mol. The van der Waals surface area contributed by atoms with Crippen molar-refractivity contribution in [3.63, 3.8) is 0 Å². The summed E-state index contributed by atoms with van der Waals surface area (Å²) in [7, 11) is -3.78. The van der Waals surface area contributed by atoms with Gasteiger partial charge in [0.15, 0.2) is 0 Å². The number of primary amides is 1. The molecular formula is C20H22FN3O4S. The monoisotopic (exact) mass is 419 g/mol. The molecule has 0 radical (unpaired) electrons. The molecule has 0 bridgehead atoms. The third-order valence-corrected chi connectivity index (χ3v) is 6.79. The molecule has 1 aliphatic heterocycles. The molecule has 1 unspecified atom stereocenters. The molecule has 1 fully saturated rings. The summed E-state index contributed by atoms with van der Waals surface area (Å²) in [5.41, 5.74) is 6.38. The second kappa shape index (κ2) is 8.71. The number of benzene rings is 2. The van der Waals surface area contributed by atoms with Gasteiger partial charge in [-0.25, -0.2) is 12.8 Å². The lowest BCUT2D eigenvalue weighted by Crippen LogP contribution is -2.45. The zero-order valence-corrected chi connectivity index (χ0v) is 16.5. The maximum atomic E-state index is 13.1. The molecule has 0 saturated carbocycles. The summed E-state index contributed by atoms with van der Waals surface area (Å²) >= 11 is 0. The van der Waals surface area contributed by atoms with Crippen molar-refractivity contribution in [2.75, 3.05) is 13.1 Å². The van der Waals surface area contributed by atoms with E-state index in [1.165, 1.54) is 16.4 Å². The first-order valence-corrected chi connectivity index (χ1v) is 10.6. The van der Waals surface area contributed by atoms with Crippen LogP contribution in [0.25, 0.3) is 0 Å². The molecule has 1 aliphatic rings. The minimum atomic E-state index is -3.78. The van der Waals surface area contributed by atoms with Gasteiger partial charge in [0.25, 0.3) is 0 Å². The minimum absolute atomic E-state index is 0.00880. The van der Waals surface area contributed by atoms with Crippen LogP contribution >= 0.6 is 0 Å². The molecule has 1 heterocycles. The van der Waals surface area contributed by atoms with Crippen LogP contribution in [0.1, 0.15) is 28.8 Å². The number of halogens is 1. The minimum Gasteiger partial charge on any atom is -0.366 e. The van der Waals surface area contributed by atoms with E-state index in [9.17, 15) is 22.4 Å². The Morgan fingerprint density at radius 3 is 2.38 bits per heavy atom. The summed E-state index contributed by atoms with van der Waals surface area (Å²) in [6, 6.07) is 11.2. The molecule has 7 nitrogen and oxygen atoms in total. The van der Waals surface area contributed by atoms with Crippen LogP contribution in [0, 0.1) is 11.7 Å². The molecule has 1 saturated heterocycles. The number of nitrogens with one attached hydrogen (secondary N) is 1. The van der Waals surface area contributed by atoms with Crippen LogP contribution in [0.2, 0.25) is 0 Å². The molecule has 2 aromatic carbocycles. The Kier molecular flexibility index (Phi) is 6.29. The second-order valence-corrected chi connectivity index (χ2v) is 8.87. The maximum absolute atomic E-state index is 13.1. The van der Waals surface area contributed by atoms with Crippen molar-refractivity contribution in [1.29, 1.82) is 0 Å². The Balaban J connectivity index is 1.61. The fourth-order valence-electron chi connectivity index (χ4n) is 3.25. The lowest BCUT2D eigenvalue weighted by Gasteiger charge is -2.31. The quantitative estimate of drug-likeness (QED) is 0.742. The predicted molar refractivity (Wildman–Crippen MR) is 105 cm³/mol. The fourth-order valence-corrected chi connectivity index (χ4v) is 4.77. The Hall–Kier alpha value is -2.78. The zero-order chi connectivity index (χ0) is 21.0. The van der Waals surface area contributed by atoms with E-state index < -0.39 is 27.7 Å². The summed E-state index contributed by atoms with van der Waals surface area (Å²) in [5, 5.41) is 2.81. The molecule has 0 aliphatic carbocycles. The van der Waals surface area contributed by atoms with Crippen molar-refractivity contribution in [3.8, 4) is 0 Å². The number of carbonyl (C=O) groups is 2. The highest BCUT2D eigenvalue weighted by Gasteiger charge is 2.33. The average molecular weight is 419 g/mol. The Morgan fingerprint density at radius 2 is 1.76 bits per heavy atom. The van der Waals surface area contributed by atoms with Gasteiger partial charge >= 0.3 is 0 Å².